The third-order valence-electron chi connectivity index (χ3n) is 5.41. The summed E-state index contributed by atoms with van der Waals surface area (Å²) >= 11 is 0. The van der Waals surface area contributed by atoms with Crippen molar-refractivity contribution >= 4 is 23.1 Å². The first kappa shape index (κ1) is 18.7. The number of rotatable bonds is 4. The summed E-state index contributed by atoms with van der Waals surface area (Å²) in [6.07, 6.45) is 8.92. The maximum atomic E-state index is 13.5. The molecule has 4 aromatic rings. The average Bonchev–Trinajstić information content (AvgIpc) is 3.18. The van der Waals surface area contributed by atoms with Crippen LogP contribution in [0.3, 0.4) is 0 Å². The van der Waals surface area contributed by atoms with Crippen molar-refractivity contribution in [2.45, 2.75) is 25.5 Å². The van der Waals surface area contributed by atoms with E-state index in [4.69, 9.17) is 9.84 Å². The molecule has 0 N–H and O–H groups in total. The summed E-state index contributed by atoms with van der Waals surface area (Å²) in [5.41, 5.74) is 4.72. The van der Waals surface area contributed by atoms with E-state index < -0.39 is 0 Å². The van der Waals surface area contributed by atoms with Crippen LogP contribution in [0.1, 0.15) is 36.7 Å². The molecule has 5 rings (SSSR count). The Kier molecular flexibility index (Phi) is 5.11. The fourth-order valence-corrected chi connectivity index (χ4v) is 3.88. The zero-order chi connectivity index (χ0) is 20.3. The van der Waals surface area contributed by atoms with Crippen LogP contribution in [0.4, 0.5) is 4.39 Å². The minimum Gasteiger partial charge on any atom is -0.356 e. The van der Waals surface area contributed by atoms with Gasteiger partial charge in [0.25, 0.3) is 0 Å². The quantitative estimate of drug-likeness (QED) is 0.416. The molecule has 1 atom stereocenters. The zero-order valence-corrected chi connectivity index (χ0v) is 16.5. The molecule has 0 spiro atoms. The fourth-order valence-electron chi connectivity index (χ4n) is 3.88. The Balaban J connectivity index is 1.60. The Morgan fingerprint density at radius 2 is 1.90 bits per heavy atom. The van der Waals surface area contributed by atoms with E-state index in [0.29, 0.717) is 0 Å². The molecule has 0 saturated carbocycles. The molecular formula is C25H22FN3O. The summed E-state index contributed by atoms with van der Waals surface area (Å²) in [5.74, 6) is -0.253. The van der Waals surface area contributed by atoms with Gasteiger partial charge in [-0.25, -0.2) is 9.07 Å². The molecule has 2 aromatic carbocycles. The minimum absolute atomic E-state index is 0.0645. The number of pyridine rings is 1. The van der Waals surface area contributed by atoms with Crippen molar-refractivity contribution in [1.82, 2.24) is 14.8 Å². The second kappa shape index (κ2) is 8.20. The monoisotopic (exact) mass is 399 g/mol. The summed E-state index contributed by atoms with van der Waals surface area (Å²) in [6.45, 7) is 0.753. The summed E-state index contributed by atoms with van der Waals surface area (Å²) in [6, 6.07) is 18.6. The van der Waals surface area contributed by atoms with E-state index in [1.165, 1.54) is 12.1 Å². The van der Waals surface area contributed by atoms with Crippen LogP contribution in [0.15, 0.2) is 66.9 Å². The maximum absolute atomic E-state index is 13.5. The molecule has 1 aliphatic rings. The van der Waals surface area contributed by atoms with Crippen molar-refractivity contribution < 1.29 is 9.13 Å². The number of benzene rings is 2. The third kappa shape index (κ3) is 3.76. The van der Waals surface area contributed by atoms with Gasteiger partial charge in [0.15, 0.2) is 6.23 Å². The molecule has 0 radical (unpaired) electrons. The predicted molar refractivity (Wildman–Crippen MR) is 117 cm³/mol. The van der Waals surface area contributed by atoms with Gasteiger partial charge in [-0.2, -0.15) is 5.10 Å². The van der Waals surface area contributed by atoms with E-state index in [0.717, 1.165) is 59.3 Å². The maximum Gasteiger partial charge on any atom is 0.150 e. The largest absolute Gasteiger partial charge is 0.356 e. The van der Waals surface area contributed by atoms with Crippen molar-refractivity contribution in [3.8, 4) is 11.3 Å². The van der Waals surface area contributed by atoms with Gasteiger partial charge in [-0.05, 0) is 79.4 Å². The molecule has 4 nitrogen and oxygen atoms in total. The first-order valence-electron chi connectivity index (χ1n) is 10.3. The lowest BCUT2D eigenvalue weighted by atomic mass is 10.0. The molecule has 1 aliphatic heterocycles. The molecule has 0 amide bonds. The van der Waals surface area contributed by atoms with Crippen LogP contribution in [0.25, 0.3) is 34.3 Å². The molecule has 2 aromatic heterocycles. The SMILES string of the molecule is Fc1ccc(-c2nn(C3CCCCO3)c3ccc(C=Cc4ccccn4)cc23)cc1. The lowest BCUT2D eigenvalue weighted by molar-refractivity contribution is -0.0365. The Hall–Kier alpha value is -3.31. The molecule has 0 bridgehead atoms. The van der Waals surface area contributed by atoms with Gasteiger partial charge >= 0.3 is 0 Å². The Morgan fingerprint density at radius 3 is 2.67 bits per heavy atom. The van der Waals surface area contributed by atoms with Crippen LogP contribution >= 0.6 is 0 Å². The first-order chi connectivity index (χ1) is 14.8. The highest BCUT2D eigenvalue weighted by atomic mass is 19.1. The number of halogens is 1. The topological polar surface area (TPSA) is 39.9 Å². The molecule has 30 heavy (non-hydrogen) atoms. The lowest BCUT2D eigenvalue weighted by Gasteiger charge is -2.23. The van der Waals surface area contributed by atoms with Gasteiger partial charge in [0.1, 0.15) is 11.5 Å². The van der Waals surface area contributed by atoms with Gasteiger partial charge in [-0.3, -0.25) is 4.98 Å². The molecule has 150 valence electrons. The van der Waals surface area contributed by atoms with Crippen LogP contribution in [-0.4, -0.2) is 21.4 Å². The van der Waals surface area contributed by atoms with Crippen molar-refractivity contribution in [2.24, 2.45) is 0 Å². The Bertz CT molecular complexity index is 1180. The van der Waals surface area contributed by atoms with Crippen LogP contribution in [0.2, 0.25) is 0 Å². The van der Waals surface area contributed by atoms with Gasteiger partial charge in [0.2, 0.25) is 0 Å². The first-order valence-corrected chi connectivity index (χ1v) is 10.3. The third-order valence-corrected chi connectivity index (χ3v) is 5.41. The van der Waals surface area contributed by atoms with E-state index in [1.807, 2.05) is 35.0 Å². The average molecular weight is 399 g/mol. The second-order valence-electron chi connectivity index (χ2n) is 7.49. The normalized spacial score (nSPS) is 17.0. The molecule has 5 heteroatoms. The summed E-state index contributed by atoms with van der Waals surface area (Å²) in [4.78, 5) is 4.34. The van der Waals surface area contributed by atoms with Crippen LogP contribution in [0, 0.1) is 5.82 Å². The number of ether oxygens (including phenoxy) is 1. The standard InChI is InChI=1S/C25H22FN3O/c26-20-11-9-19(10-12-20)25-22-17-18(7-13-21-5-1-3-15-27-21)8-14-23(22)29(28-25)24-6-2-4-16-30-24/h1,3,5,7-15,17,24H,2,4,6,16H2. The van der Waals surface area contributed by atoms with E-state index >= 15 is 0 Å². The van der Waals surface area contributed by atoms with Crippen molar-refractivity contribution in [3.63, 3.8) is 0 Å². The Morgan fingerprint density at radius 1 is 1.00 bits per heavy atom. The van der Waals surface area contributed by atoms with Gasteiger partial charge in [0.05, 0.1) is 11.2 Å². The second-order valence-corrected chi connectivity index (χ2v) is 7.49. The summed E-state index contributed by atoms with van der Waals surface area (Å²) in [5, 5.41) is 5.93. The van der Waals surface area contributed by atoms with Crippen LogP contribution in [-0.2, 0) is 4.74 Å². The van der Waals surface area contributed by atoms with E-state index in [2.05, 4.69) is 23.2 Å². The van der Waals surface area contributed by atoms with Gasteiger partial charge in [0, 0.05) is 23.8 Å². The van der Waals surface area contributed by atoms with Crippen molar-refractivity contribution in [3.05, 3.63) is 83.9 Å². The number of nitrogens with zero attached hydrogens (tertiary/aromatic N) is 3. The number of fused-ring (bicyclic) bond motifs is 1. The van der Waals surface area contributed by atoms with Crippen molar-refractivity contribution in [1.29, 1.82) is 0 Å². The Labute approximate surface area is 174 Å². The van der Waals surface area contributed by atoms with Crippen LogP contribution < -0.4 is 0 Å². The zero-order valence-electron chi connectivity index (χ0n) is 16.5. The van der Waals surface area contributed by atoms with Crippen LogP contribution in [0.5, 0.6) is 0 Å². The number of hydrogen-bond acceptors (Lipinski definition) is 3. The number of hydrogen-bond donors (Lipinski definition) is 0. The smallest absolute Gasteiger partial charge is 0.150 e. The molecule has 1 fully saturated rings. The summed E-state index contributed by atoms with van der Waals surface area (Å²) in [7, 11) is 0. The van der Waals surface area contributed by atoms with Gasteiger partial charge in [-0.1, -0.05) is 18.2 Å². The highest BCUT2D eigenvalue weighted by molar-refractivity contribution is 5.95. The van der Waals surface area contributed by atoms with E-state index in [1.54, 1.807) is 18.3 Å². The molecule has 1 unspecified atom stereocenters. The summed E-state index contributed by atoms with van der Waals surface area (Å²) < 4.78 is 21.5. The molecule has 1 saturated heterocycles. The van der Waals surface area contributed by atoms with E-state index in [-0.39, 0.29) is 12.0 Å². The lowest BCUT2D eigenvalue weighted by Crippen LogP contribution is -2.19. The molecule has 0 aliphatic carbocycles. The molecular weight excluding hydrogens is 377 g/mol. The molecule has 3 heterocycles. The van der Waals surface area contributed by atoms with Gasteiger partial charge in [-0.15, -0.1) is 0 Å². The number of aromatic nitrogens is 3. The predicted octanol–water partition coefficient (Wildman–Crippen LogP) is 6.11. The minimum atomic E-state index is -0.253. The van der Waals surface area contributed by atoms with Crippen molar-refractivity contribution in [2.75, 3.05) is 6.61 Å². The fraction of sp³-hybridized carbons (Fsp3) is 0.200. The van der Waals surface area contributed by atoms with Gasteiger partial charge < -0.3 is 4.74 Å². The highest BCUT2D eigenvalue weighted by Gasteiger charge is 2.21. The van der Waals surface area contributed by atoms with E-state index in [9.17, 15) is 4.39 Å². The highest BCUT2D eigenvalue weighted by Crippen LogP contribution is 2.33.